The number of nitrogens with one attached hydrogen (secondary N) is 5. The molecule has 0 saturated carbocycles. The van der Waals surface area contributed by atoms with Crippen molar-refractivity contribution in [3.05, 3.63) is 90.1 Å². The van der Waals surface area contributed by atoms with Crippen LogP contribution in [-0.4, -0.2) is 63.3 Å². The Morgan fingerprint density at radius 3 is 2.29 bits per heavy atom. The summed E-state index contributed by atoms with van der Waals surface area (Å²) in [6.45, 7) is 0.580. The number of aliphatic imine (C=N–C) groups is 1. The molecule has 2 heterocycles. The topological polar surface area (TPSA) is 222 Å². The third-order valence-electron chi connectivity index (χ3n) is 6.95. The number of carbonyl (C=O) groups is 3. The number of amides is 3. The van der Waals surface area contributed by atoms with Gasteiger partial charge in [0.25, 0.3) is 0 Å². The lowest BCUT2D eigenvalue weighted by atomic mass is 10.0. The van der Waals surface area contributed by atoms with Crippen molar-refractivity contribution in [1.82, 2.24) is 30.9 Å². The first-order valence-corrected chi connectivity index (χ1v) is 14.1. The van der Waals surface area contributed by atoms with E-state index in [-0.39, 0.29) is 62.5 Å². The van der Waals surface area contributed by atoms with Crippen molar-refractivity contribution in [2.75, 3.05) is 6.54 Å². The third-order valence-corrected chi connectivity index (χ3v) is 6.95. The fourth-order valence-electron chi connectivity index (χ4n) is 4.69. The molecule has 15 heteroatoms. The number of nitrogens with two attached hydrogens (primary N) is 3. The average Bonchev–Trinajstić information content (AvgIpc) is 3.67. The number of para-hydroxylation sites is 1. The summed E-state index contributed by atoms with van der Waals surface area (Å²) in [5.74, 6) is -1.45. The predicted molar refractivity (Wildman–Crippen MR) is 179 cm³/mol. The van der Waals surface area contributed by atoms with E-state index in [1.165, 1.54) is 6.33 Å². The molecular formula is C30H40Cl2N10O3. The number of H-pyrrole nitrogens is 2. The van der Waals surface area contributed by atoms with Gasteiger partial charge in [0.15, 0.2) is 5.96 Å². The van der Waals surface area contributed by atoms with Crippen LogP contribution >= 0.6 is 24.8 Å². The number of nitrogens with zero attached hydrogens (tertiary/aromatic N) is 2. The highest BCUT2D eigenvalue weighted by Crippen LogP contribution is 2.19. The highest BCUT2D eigenvalue weighted by atomic mass is 35.5. The number of fused-ring (bicyclic) bond motifs is 1. The number of aromatic nitrogens is 3. The Hall–Kier alpha value is -4.59. The first-order chi connectivity index (χ1) is 20.8. The van der Waals surface area contributed by atoms with Gasteiger partial charge in [-0.05, 0) is 30.0 Å². The molecule has 13 nitrogen and oxygen atoms in total. The first kappa shape index (κ1) is 36.6. The van der Waals surface area contributed by atoms with Gasteiger partial charge >= 0.3 is 0 Å². The van der Waals surface area contributed by atoms with Crippen LogP contribution in [0.4, 0.5) is 0 Å². The fraction of sp³-hybridized carbons (Fsp3) is 0.300. The predicted octanol–water partition coefficient (Wildman–Crippen LogP) is 1.19. The van der Waals surface area contributed by atoms with Crippen molar-refractivity contribution in [3.63, 3.8) is 0 Å². The van der Waals surface area contributed by atoms with E-state index in [0.717, 1.165) is 22.0 Å². The fourth-order valence-corrected chi connectivity index (χ4v) is 4.69. The molecule has 0 aliphatic heterocycles. The molecule has 0 aliphatic carbocycles. The van der Waals surface area contributed by atoms with E-state index >= 15 is 0 Å². The molecule has 3 amide bonds. The van der Waals surface area contributed by atoms with Gasteiger partial charge in [-0.2, -0.15) is 0 Å². The number of aromatic amines is 2. The molecule has 242 valence electrons. The van der Waals surface area contributed by atoms with E-state index < -0.39 is 29.9 Å². The Labute approximate surface area is 273 Å². The summed E-state index contributed by atoms with van der Waals surface area (Å²) in [7, 11) is 0. The molecule has 0 fully saturated rings. The lowest BCUT2D eigenvalue weighted by Gasteiger charge is -2.24. The van der Waals surface area contributed by atoms with E-state index in [9.17, 15) is 14.4 Å². The van der Waals surface area contributed by atoms with Crippen molar-refractivity contribution in [2.45, 2.75) is 50.4 Å². The second-order valence-electron chi connectivity index (χ2n) is 10.2. The lowest BCUT2D eigenvalue weighted by Crippen LogP contribution is -2.56. The Morgan fingerprint density at radius 1 is 0.867 bits per heavy atom. The number of guanidine groups is 1. The SMILES string of the molecule is Cl.Cl.NC(N)=NCCC[C@H](NC(=O)[C@H](Cc1c[nH]c2ccccc12)NC(=O)[C@@H](N)Cc1cnc[nH]1)C(=O)NCc1ccccc1. The molecule has 11 N–H and O–H groups in total. The van der Waals surface area contributed by atoms with Crippen molar-refractivity contribution >= 4 is 59.4 Å². The van der Waals surface area contributed by atoms with Crippen LogP contribution < -0.4 is 33.2 Å². The molecule has 0 spiro atoms. The number of rotatable bonds is 15. The molecule has 0 unspecified atom stereocenters. The number of imidazole rings is 1. The highest BCUT2D eigenvalue weighted by molar-refractivity contribution is 5.94. The van der Waals surface area contributed by atoms with Crippen LogP contribution in [0, 0.1) is 0 Å². The van der Waals surface area contributed by atoms with Crippen LogP contribution in [0.1, 0.15) is 29.7 Å². The van der Waals surface area contributed by atoms with Crippen LogP contribution in [0.3, 0.4) is 0 Å². The second kappa shape index (κ2) is 18.3. The summed E-state index contributed by atoms with van der Waals surface area (Å²) in [6, 6.07) is 14.3. The van der Waals surface area contributed by atoms with Gasteiger partial charge in [0.2, 0.25) is 17.7 Å². The molecule has 45 heavy (non-hydrogen) atoms. The van der Waals surface area contributed by atoms with Crippen LogP contribution in [0.5, 0.6) is 0 Å². The van der Waals surface area contributed by atoms with Crippen molar-refractivity contribution in [2.24, 2.45) is 22.2 Å². The second-order valence-corrected chi connectivity index (χ2v) is 10.2. The Balaban J connectivity index is 0.00000353. The van der Waals surface area contributed by atoms with Crippen molar-refractivity contribution < 1.29 is 14.4 Å². The minimum Gasteiger partial charge on any atom is -0.370 e. The average molecular weight is 660 g/mol. The van der Waals surface area contributed by atoms with Crippen LogP contribution in [-0.2, 0) is 33.8 Å². The summed E-state index contributed by atoms with van der Waals surface area (Å²) in [4.78, 5) is 54.2. The molecule has 2 aromatic heterocycles. The van der Waals surface area contributed by atoms with Crippen LogP contribution in [0.15, 0.2) is 78.3 Å². The lowest BCUT2D eigenvalue weighted by molar-refractivity contribution is -0.132. The number of hydrogen-bond donors (Lipinski definition) is 8. The van der Waals surface area contributed by atoms with Gasteiger partial charge in [-0.15, -0.1) is 24.8 Å². The van der Waals surface area contributed by atoms with Gasteiger partial charge < -0.3 is 43.1 Å². The maximum atomic E-state index is 13.8. The zero-order chi connectivity index (χ0) is 30.6. The van der Waals surface area contributed by atoms with Crippen molar-refractivity contribution in [1.29, 1.82) is 0 Å². The summed E-state index contributed by atoms with van der Waals surface area (Å²) < 4.78 is 0. The summed E-state index contributed by atoms with van der Waals surface area (Å²) in [5, 5.41) is 9.46. The van der Waals surface area contributed by atoms with Gasteiger partial charge in [-0.3, -0.25) is 19.4 Å². The zero-order valence-electron chi connectivity index (χ0n) is 24.6. The maximum Gasteiger partial charge on any atom is 0.243 e. The number of hydrogen-bond acceptors (Lipinski definition) is 6. The standard InChI is InChI=1S/C30H38N10O3.2ClH/c31-23(14-21-17-34-18-38-21)27(41)40-26(13-20-16-36-24-10-5-4-9-22(20)24)29(43)39-25(11-6-12-35-30(32)33)28(42)37-15-19-7-2-1-3-8-19;;/h1-5,7-10,16-18,23,25-26,36H,6,11-15,31H2,(H,34,38)(H,37,42)(H,39,43)(H,40,41)(H4,32,33,35);2*1H/t23-,25-,26-;;/m0../s1. The van der Waals surface area contributed by atoms with Gasteiger partial charge in [0.05, 0.1) is 12.4 Å². The molecule has 0 radical (unpaired) electrons. The van der Waals surface area contributed by atoms with Gasteiger partial charge in [-0.25, -0.2) is 4.98 Å². The molecule has 2 aromatic carbocycles. The van der Waals surface area contributed by atoms with E-state index in [2.05, 4.69) is 35.9 Å². The molecule has 0 saturated heterocycles. The minimum absolute atomic E-state index is 0. The van der Waals surface area contributed by atoms with Crippen LogP contribution in [0.25, 0.3) is 10.9 Å². The first-order valence-electron chi connectivity index (χ1n) is 14.1. The molecular weight excluding hydrogens is 619 g/mol. The normalized spacial score (nSPS) is 12.5. The zero-order valence-corrected chi connectivity index (χ0v) is 26.2. The van der Waals surface area contributed by atoms with E-state index in [0.29, 0.717) is 18.7 Å². The summed E-state index contributed by atoms with van der Waals surface area (Å²) in [5.41, 5.74) is 20.4. The summed E-state index contributed by atoms with van der Waals surface area (Å²) in [6.07, 6.45) is 5.99. The number of carbonyl (C=O) groups excluding carboxylic acids is 3. The van der Waals surface area contributed by atoms with E-state index in [1.807, 2.05) is 54.6 Å². The number of benzene rings is 2. The third kappa shape index (κ3) is 11.1. The highest BCUT2D eigenvalue weighted by Gasteiger charge is 2.29. The number of halogens is 2. The minimum atomic E-state index is -1.01. The molecule has 3 atom stereocenters. The largest absolute Gasteiger partial charge is 0.370 e. The van der Waals surface area contributed by atoms with Gasteiger partial charge in [0.1, 0.15) is 12.1 Å². The van der Waals surface area contributed by atoms with Crippen molar-refractivity contribution in [3.8, 4) is 0 Å². The monoisotopic (exact) mass is 658 g/mol. The molecule has 0 bridgehead atoms. The smallest absolute Gasteiger partial charge is 0.243 e. The Kier molecular flexibility index (Phi) is 14.9. The van der Waals surface area contributed by atoms with E-state index in [4.69, 9.17) is 17.2 Å². The molecule has 4 aromatic rings. The molecule has 4 rings (SSSR count). The summed E-state index contributed by atoms with van der Waals surface area (Å²) >= 11 is 0. The van der Waals surface area contributed by atoms with Crippen LogP contribution in [0.2, 0.25) is 0 Å². The van der Waals surface area contributed by atoms with Gasteiger partial charge in [0, 0.05) is 54.9 Å². The maximum absolute atomic E-state index is 13.8. The van der Waals surface area contributed by atoms with E-state index in [1.54, 1.807) is 12.4 Å². The quantitative estimate of drug-likeness (QED) is 0.0528. The Bertz CT molecular complexity index is 1530. The molecule has 0 aliphatic rings. The van der Waals surface area contributed by atoms with Gasteiger partial charge in [-0.1, -0.05) is 48.5 Å². The Morgan fingerprint density at radius 2 is 1.58 bits per heavy atom.